The van der Waals surface area contributed by atoms with Crippen LogP contribution in [0.2, 0.25) is 0 Å². The number of anilines is 1. The number of nitrogens with one attached hydrogen (secondary N) is 2. The number of fused-ring (bicyclic) bond motifs is 1. The number of hydrogen-bond donors (Lipinski definition) is 2. The molecule has 212 valence electrons. The Balaban J connectivity index is 1.33. The topological polar surface area (TPSA) is 99.8 Å². The maximum atomic E-state index is 13.9. The Labute approximate surface area is 239 Å². The number of benzene rings is 2. The third-order valence-electron chi connectivity index (χ3n) is 8.34. The molecule has 2 fully saturated rings. The molecule has 2 N–H and O–H groups in total. The predicted molar refractivity (Wildman–Crippen MR) is 159 cm³/mol. The Hall–Kier alpha value is -4.37. The highest BCUT2D eigenvalue weighted by atomic mass is 16.5. The molecule has 2 aromatic carbocycles. The summed E-state index contributed by atoms with van der Waals surface area (Å²) in [6.45, 7) is 3.71. The smallest absolute Gasteiger partial charge is 0.411 e. The number of amides is 2. The minimum Gasteiger partial charge on any atom is -0.496 e. The van der Waals surface area contributed by atoms with Crippen molar-refractivity contribution in [3.63, 3.8) is 0 Å². The zero-order valence-electron chi connectivity index (χ0n) is 23.5. The van der Waals surface area contributed by atoms with Gasteiger partial charge in [-0.05, 0) is 68.6 Å². The van der Waals surface area contributed by atoms with Crippen LogP contribution in [0.3, 0.4) is 0 Å². The molecule has 9 heteroatoms. The molecule has 9 nitrogen and oxygen atoms in total. The molecule has 0 aliphatic carbocycles. The molecule has 4 heterocycles. The van der Waals surface area contributed by atoms with Crippen molar-refractivity contribution in [1.29, 1.82) is 0 Å². The Morgan fingerprint density at radius 3 is 2.49 bits per heavy atom. The van der Waals surface area contributed by atoms with Crippen LogP contribution in [0, 0.1) is 0 Å². The van der Waals surface area contributed by atoms with Gasteiger partial charge in [0.2, 0.25) is 0 Å². The minimum atomic E-state index is -0.614. The Morgan fingerprint density at radius 2 is 1.73 bits per heavy atom. The lowest BCUT2D eigenvalue weighted by Crippen LogP contribution is -2.46. The van der Waals surface area contributed by atoms with Crippen molar-refractivity contribution in [3.8, 4) is 28.0 Å². The molecular formula is C32H35N5O4. The molecule has 2 aliphatic heterocycles. The number of para-hydroxylation sites is 1. The van der Waals surface area contributed by atoms with E-state index in [1.165, 1.54) is 20.0 Å². The molecule has 2 aromatic heterocycles. The van der Waals surface area contributed by atoms with E-state index in [0.29, 0.717) is 30.4 Å². The highest BCUT2D eigenvalue weighted by molar-refractivity contribution is 6.04. The molecule has 2 saturated heterocycles. The zero-order valence-corrected chi connectivity index (χ0v) is 23.5. The Bertz CT molecular complexity index is 1570. The maximum absolute atomic E-state index is 13.9. The molecule has 2 aliphatic rings. The highest BCUT2D eigenvalue weighted by Crippen LogP contribution is 2.36. The van der Waals surface area contributed by atoms with Gasteiger partial charge in [-0.1, -0.05) is 24.3 Å². The number of rotatable bonds is 6. The number of pyridine rings is 1. The zero-order chi connectivity index (χ0) is 28.3. The van der Waals surface area contributed by atoms with Gasteiger partial charge in [-0.15, -0.1) is 0 Å². The van der Waals surface area contributed by atoms with E-state index in [-0.39, 0.29) is 5.91 Å². The van der Waals surface area contributed by atoms with Crippen LogP contribution in [-0.4, -0.2) is 78.2 Å². The summed E-state index contributed by atoms with van der Waals surface area (Å²) in [7, 11) is 2.97. The van der Waals surface area contributed by atoms with Crippen LogP contribution >= 0.6 is 0 Å². The number of H-pyrrole nitrogens is 1. The number of aromatic nitrogens is 2. The molecule has 6 rings (SSSR count). The van der Waals surface area contributed by atoms with Crippen molar-refractivity contribution in [2.45, 2.75) is 31.7 Å². The third-order valence-corrected chi connectivity index (χ3v) is 8.34. The second-order valence-corrected chi connectivity index (χ2v) is 10.7. The van der Waals surface area contributed by atoms with Crippen LogP contribution in [0.5, 0.6) is 5.75 Å². The van der Waals surface area contributed by atoms with Gasteiger partial charge in [-0.25, -0.2) is 9.78 Å². The normalized spacial score (nSPS) is 16.2. The van der Waals surface area contributed by atoms with Gasteiger partial charge in [-0.3, -0.25) is 10.1 Å². The number of aromatic amines is 1. The van der Waals surface area contributed by atoms with E-state index < -0.39 is 6.09 Å². The molecule has 4 aromatic rings. The van der Waals surface area contributed by atoms with Gasteiger partial charge < -0.3 is 24.3 Å². The van der Waals surface area contributed by atoms with Crippen molar-refractivity contribution >= 4 is 28.7 Å². The lowest BCUT2D eigenvalue weighted by Gasteiger charge is -2.37. The number of ether oxygens (including phenoxy) is 2. The van der Waals surface area contributed by atoms with E-state index in [1.54, 1.807) is 19.4 Å². The highest BCUT2D eigenvalue weighted by Gasteiger charge is 2.30. The first-order chi connectivity index (χ1) is 20.1. The molecular weight excluding hydrogens is 518 g/mol. The van der Waals surface area contributed by atoms with Crippen LogP contribution in [0.15, 0.2) is 60.9 Å². The molecule has 0 bridgehead atoms. The number of nitrogens with zero attached hydrogens (tertiary/aromatic N) is 3. The summed E-state index contributed by atoms with van der Waals surface area (Å²) in [5.74, 6) is 0.682. The van der Waals surface area contributed by atoms with E-state index in [1.807, 2.05) is 47.5 Å². The maximum Gasteiger partial charge on any atom is 0.411 e. The Kier molecular flexibility index (Phi) is 7.61. The predicted octanol–water partition coefficient (Wildman–Crippen LogP) is 5.78. The average Bonchev–Trinajstić information content (AvgIpc) is 3.71. The first kappa shape index (κ1) is 26.8. The lowest BCUT2D eigenvalue weighted by molar-refractivity contribution is 0.0645. The van der Waals surface area contributed by atoms with E-state index >= 15 is 0 Å². The van der Waals surface area contributed by atoms with Crippen molar-refractivity contribution in [3.05, 3.63) is 66.5 Å². The second kappa shape index (κ2) is 11.6. The Morgan fingerprint density at radius 1 is 0.951 bits per heavy atom. The summed E-state index contributed by atoms with van der Waals surface area (Å²) in [6, 6.07) is 16.0. The minimum absolute atomic E-state index is 0.0940. The molecule has 41 heavy (non-hydrogen) atoms. The van der Waals surface area contributed by atoms with Gasteiger partial charge in [0, 0.05) is 53.6 Å². The van der Waals surface area contributed by atoms with Crippen molar-refractivity contribution < 1.29 is 19.1 Å². The number of carbonyl (C=O) groups is 2. The molecule has 2 amide bonds. The summed E-state index contributed by atoms with van der Waals surface area (Å²) in [5, 5.41) is 3.67. The summed E-state index contributed by atoms with van der Waals surface area (Å²) in [4.78, 5) is 38.4. The van der Waals surface area contributed by atoms with Crippen LogP contribution in [-0.2, 0) is 4.74 Å². The number of likely N-dealkylation sites (tertiary alicyclic amines) is 2. The fourth-order valence-corrected chi connectivity index (χ4v) is 6.13. The molecule has 0 unspecified atom stereocenters. The number of methoxy groups -OCH3 is 2. The van der Waals surface area contributed by atoms with Gasteiger partial charge >= 0.3 is 6.09 Å². The SMILES string of the molecule is COC(=O)Nc1ccc(-c2cnc3[nH]cc(-c4ccccc4OC)c3c2)cc1C(=O)N1CCC(N2CCCC2)CC1. The van der Waals surface area contributed by atoms with E-state index in [4.69, 9.17) is 9.47 Å². The second-order valence-electron chi connectivity index (χ2n) is 10.7. The lowest BCUT2D eigenvalue weighted by atomic mass is 9.98. The standard InChI is InChI=1S/C32H35N5O4/c1-40-29-8-4-3-7-24(29)27-20-34-30-25(27)18-22(19-33-30)21-9-10-28(35-32(39)41-2)26(17-21)31(38)37-15-11-23(12-16-37)36-13-5-6-14-36/h3-4,7-10,17-20,23H,5-6,11-16H2,1-2H3,(H,33,34)(H,35,39). The molecule has 0 spiro atoms. The summed E-state index contributed by atoms with van der Waals surface area (Å²) in [6.07, 6.45) is 7.57. The van der Waals surface area contributed by atoms with E-state index in [9.17, 15) is 9.59 Å². The number of carbonyl (C=O) groups excluding carboxylic acids is 2. The van der Waals surface area contributed by atoms with Gasteiger partial charge in [0.1, 0.15) is 11.4 Å². The van der Waals surface area contributed by atoms with Gasteiger partial charge in [0.05, 0.1) is 25.5 Å². The number of piperidine rings is 1. The van der Waals surface area contributed by atoms with Crippen LogP contribution in [0.25, 0.3) is 33.3 Å². The summed E-state index contributed by atoms with van der Waals surface area (Å²) < 4.78 is 10.4. The van der Waals surface area contributed by atoms with Crippen LogP contribution in [0.1, 0.15) is 36.0 Å². The van der Waals surface area contributed by atoms with Gasteiger partial charge in [0.25, 0.3) is 5.91 Å². The fourth-order valence-electron chi connectivity index (χ4n) is 6.13. The van der Waals surface area contributed by atoms with E-state index in [0.717, 1.165) is 65.0 Å². The largest absolute Gasteiger partial charge is 0.496 e. The summed E-state index contributed by atoms with van der Waals surface area (Å²) in [5.41, 5.74) is 5.26. The van der Waals surface area contributed by atoms with Crippen LogP contribution < -0.4 is 10.1 Å². The van der Waals surface area contributed by atoms with Gasteiger partial charge in [0.15, 0.2) is 0 Å². The van der Waals surface area contributed by atoms with E-state index in [2.05, 4.69) is 26.3 Å². The quantitative estimate of drug-likeness (QED) is 0.314. The first-order valence-electron chi connectivity index (χ1n) is 14.2. The third kappa shape index (κ3) is 5.37. The molecule has 0 radical (unpaired) electrons. The van der Waals surface area contributed by atoms with Crippen molar-refractivity contribution in [2.24, 2.45) is 0 Å². The average molecular weight is 554 g/mol. The van der Waals surface area contributed by atoms with Crippen LogP contribution in [0.4, 0.5) is 10.5 Å². The fraction of sp³-hybridized carbons (Fsp3) is 0.344. The monoisotopic (exact) mass is 553 g/mol. The first-order valence-corrected chi connectivity index (χ1v) is 14.2. The van der Waals surface area contributed by atoms with Crippen molar-refractivity contribution in [1.82, 2.24) is 19.8 Å². The van der Waals surface area contributed by atoms with Crippen molar-refractivity contribution in [2.75, 3.05) is 45.7 Å². The van der Waals surface area contributed by atoms with Gasteiger partial charge in [-0.2, -0.15) is 0 Å². The molecule has 0 saturated carbocycles. The summed E-state index contributed by atoms with van der Waals surface area (Å²) >= 11 is 0. The molecule has 0 atom stereocenters. The number of hydrogen-bond acceptors (Lipinski definition) is 6.